The van der Waals surface area contributed by atoms with Crippen LogP contribution < -0.4 is 5.73 Å². The van der Waals surface area contributed by atoms with Gasteiger partial charge < -0.3 is 10.6 Å². The van der Waals surface area contributed by atoms with E-state index in [1.54, 1.807) is 0 Å². The van der Waals surface area contributed by atoms with Crippen molar-refractivity contribution in [1.82, 2.24) is 9.80 Å². The normalized spacial score (nSPS) is 33.2. The Morgan fingerprint density at radius 1 is 1.47 bits per heavy atom. The Hall–Kier alpha value is -0.770. The van der Waals surface area contributed by atoms with Crippen molar-refractivity contribution >= 4 is 5.96 Å². The fourth-order valence-corrected chi connectivity index (χ4v) is 2.76. The van der Waals surface area contributed by atoms with Gasteiger partial charge in [0.2, 0.25) is 0 Å². The monoisotopic (exact) mass is 210 g/mol. The van der Waals surface area contributed by atoms with E-state index >= 15 is 0 Å². The maximum atomic E-state index is 5.99. The van der Waals surface area contributed by atoms with Crippen LogP contribution in [0.3, 0.4) is 0 Å². The number of nitrogens with two attached hydrogens (primary N) is 1. The van der Waals surface area contributed by atoms with Crippen molar-refractivity contribution in [3.8, 4) is 0 Å². The van der Waals surface area contributed by atoms with Crippen molar-refractivity contribution in [2.45, 2.75) is 38.8 Å². The van der Waals surface area contributed by atoms with Crippen molar-refractivity contribution in [2.24, 2.45) is 10.7 Å². The summed E-state index contributed by atoms with van der Waals surface area (Å²) in [5, 5.41) is 0. The van der Waals surface area contributed by atoms with E-state index in [9.17, 15) is 0 Å². The summed E-state index contributed by atoms with van der Waals surface area (Å²) in [7, 11) is 0. The van der Waals surface area contributed by atoms with Gasteiger partial charge in [-0.1, -0.05) is 0 Å². The maximum Gasteiger partial charge on any atom is 0.191 e. The number of piperazine rings is 1. The first-order chi connectivity index (χ1) is 7.22. The first-order valence-electron chi connectivity index (χ1n) is 6.03. The Morgan fingerprint density at radius 3 is 3.00 bits per heavy atom. The second-order valence-corrected chi connectivity index (χ2v) is 4.62. The third-order valence-electron chi connectivity index (χ3n) is 3.55. The van der Waals surface area contributed by atoms with E-state index in [0.29, 0.717) is 12.1 Å². The molecule has 0 aliphatic carbocycles. The van der Waals surface area contributed by atoms with E-state index in [1.165, 1.54) is 19.4 Å². The second-order valence-electron chi connectivity index (χ2n) is 4.62. The van der Waals surface area contributed by atoms with Crippen LogP contribution in [0.5, 0.6) is 0 Å². The van der Waals surface area contributed by atoms with Crippen LogP contribution in [0.15, 0.2) is 4.99 Å². The van der Waals surface area contributed by atoms with Crippen LogP contribution in [0.25, 0.3) is 0 Å². The molecule has 0 radical (unpaired) electrons. The Bertz CT molecular complexity index is 251. The summed E-state index contributed by atoms with van der Waals surface area (Å²) in [6.07, 6.45) is 2.67. The van der Waals surface area contributed by atoms with Crippen LogP contribution in [0.4, 0.5) is 0 Å². The fourth-order valence-electron chi connectivity index (χ4n) is 2.76. The molecule has 15 heavy (non-hydrogen) atoms. The number of hydrogen-bond acceptors (Lipinski definition) is 2. The molecule has 2 aliphatic rings. The topological polar surface area (TPSA) is 44.9 Å². The molecule has 2 unspecified atom stereocenters. The van der Waals surface area contributed by atoms with Gasteiger partial charge >= 0.3 is 0 Å². The number of guanidine groups is 1. The zero-order valence-corrected chi connectivity index (χ0v) is 9.82. The van der Waals surface area contributed by atoms with Gasteiger partial charge in [0.15, 0.2) is 5.96 Å². The molecule has 4 heteroatoms. The third-order valence-corrected chi connectivity index (χ3v) is 3.55. The highest BCUT2D eigenvalue weighted by atomic mass is 15.4. The highest BCUT2D eigenvalue weighted by Crippen LogP contribution is 2.24. The SMILES string of the molecule is CCN=C(N)N1CC2CCCN2CC1C. The first kappa shape index (κ1) is 10.7. The first-order valence-corrected chi connectivity index (χ1v) is 6.03. The minimum absolute atomic E-state index is 0.509. The molecule has 0 saturated carbocycles. The van der Waals surface area contributed by atoms with E-state index in [1.807, 2.05) is 6.92 Å². The number of hydrogen-bond donors (Lipinski definition) is 1. The average Bonchev–Trinajstić information content (AvgIpc) is 2.63. The predicted octanol–water partition coefficient (Wildman–Crippen LogP) is 0.490. The lowest BCUT2D eigenvalue weighted by molar-refractivity contribution is 0.108. The molecular weight excluding hydrogens is 188 g/mol. The second kappa shape index (κ2) is 4.39. The molecule has 2 rings (SSSR count). The Morgan fingerprint density at radius 2 is 2.27 bits per heavy atom. The van der Waals surface area contributed by atoms with Gasteiger partial charge in [-0.05, 0) is 33.2 Å². The number of fused-ring (bicyclic) bond motifs is 1. The Labute approximate surface area is 92.1 Å². The summed E-state index contributed by atoms with van der Waals surface area (Å²) < 4.78 is 0. The summed E-state index contributed by atoms with van der Waals surface area (Å²) in [5.41, 5.74) is 5.99. The van der Waals surface area contributed by atoms with E-state index in [4.69, 9.17) is 5.73 Å². The van der Waals surface area contributed by atoms with Gasteiger partial charge in [0.1, 0.15) is 0 Å². The molecule has 2 atom stereocenters. The van der Waals surface area contributed by atoms with Crippen LogP contribution >= 0.6 is 0 Å². The molecule has 2 aliphatic heterocycles. The molecule has 0 spiro atoms. The fraction of sp³-hybridized carbons (Fsp3) is 0.909. The molecule has 0 aromatic carbocycles. The highest BCUT2D eigenvalue weighted by Gasteiger charge is 2.34. The lowest BCUT2D eigenvalue weighted by Crippen LogP contribution is -2.58. The largest absolute Gasteiger partial charge is 0.370 e. The molecule has 2 N–H and O–H groups in total. The summed E-state index contributed by atoms with van der Waals surface area (Å²) in [5.74, 6) is 0.733. The molecule has 0 bridgehead atoms. The average molecular weight is 210 g/mol. The molecule has 2 saturated heterocycles. The summed E-state index contributed by atoms with van der Waals surface area (Å²) in [6.45, 7) is 8.54. The molecule has 2 fully saturated rings. The zero-order valence-electron chi connectivity index (χ0n) is 9.82. The lowest BCUT2D eigenvalue weighted by atomic mass is 10.1. The Kier molecular flexibility index (Phi) is 3.14. The van der Waals surface area contributed by atoms with Crippen LogP contribution in [0.1, 0.15) is 26.7 Å². The molecule has 0 amide bonds. The van der Waals surface area contributed by atoms with Gasteiger partial charge in [-0.2, -0.15) is 0 Å². The summed E-state index contributed by atoms with van der Waals surface area (Å²) >= 11 is 0. The van der Waals surface area contributed by atoms with Gasteiger partial charge in [0.05, 0.1) is 0 Å². The molecule has 86 valence electrons. The number of aliphatic imine (C=N–C) groups is 1. The van der Waals surface area contributed by atoms with Gasteiger partial charge in [-0.3, -0.25) is 9.89 Å². The van der Waals surface area contributed by atoms with Crippen molar-refractivity contribution in [1.29, 1.82) is 0 Å². The van der Waals surface area contributed by atoms with E-state index in [2.05, 4.69) is 21.7 Å². The van der Waals surface area contributed by atoms with Crippen molar-refractivity contribution in [2.75, 3.05) is 26.2 Å². The molecule has 0 aromatic rings. The van der Waals surface area contributed by atoms with Gasteiger partial charge in [-0.25, -0.2) is 0 Å². The standard InChI is InChI=1S/C11H22N4/c1-3-13-11(12)15-8-10-5-4-6-14(10)7-9(15)2/h9-10H,3-8H2,1-2H3,(H2,12,13). The number of nitrogens with zero attached hydrogens (tertiary/aromatic N) is 3. The summed E-state index contributed by atoms with van der Waals surface area (Å²) in [6, 6.07) is 1.22. The van der Waals surface area contributed by atoms with Crippen LogP contribution in [0.2, 0.25) is 0 Å². The predicted molar refractivity (Wildman–Crippen MR) is 62.9 cm³/mol. The zero-order chi connectivity index (χ0) is 10.8. The molecule has 4 nitrogen and oxygen atoms in total. The van der Waals surface area contributed by atoms with Crippen molar-refractivity contribution in [3.05, 3.63) is 0 Å². The quantitative estimate of drug-likeness (QED) is 0.506. The van der Waals surface area contributed by atoms with Crippen molar-refractivity contribution < 1.29 is 0 Å². The van der Waals surface area contributed by atoms with Crippen LogP contribution in [0, 0.1) is 0 Å². The molecule has 2 heterocycles. The van der Waals surface area contributed by atoms with E-state index in [-0.39, 0.29) is 0 Å². The third kappa shape index (κ3) is 2.09. The smallest absolute Gasteiger partial charge is 0.191 e. The van der Waals surface area contributed by atoms with E-state index < -0.39 is 0 Å². The number of rotatable bonds is 1. The molecular formula is C11H22N4. The van der Waals surface area contributed by atoms with Crippen LogP contribution in [-0.2, 0) is 0 Å². The van der Waals surface area contributed by atoms with Gasteiger partial charge in [0, 0.05) is 31.7 Å². The van der Waals surface area contributed by atoms with Crippen molar-refractivity contribution in [3.63, 3.8) is 0 Å². The lowest BCUT2D eigenvalue weighted by Gasteiger charge is -2.42. The maximum absolute atomic E-state index is 5.99. The van der Waals surface area contributed by atoms with Gasteiger partial charge in [0.25, 0.3) is 0 Å². The minimum atomic E-state index is 0.509. The summed E-state index contributed by atoms with van der Waals surface area (Å²) in [4.78, 5) is 9.19. The van der Waals surface area contributed by atoms with Gasteiger partial charge in [-0.15, -0.1) is 0 Å². The van der Waals surface area contributed by atoms with Crippen LogP contribution in [-0.4, -0.2) is 54.0 Å². The molecule has 0 aromatic heterocycles. The minimum Gasteiger partial charge on any atom is -0.370 e. The van der Waals surface area contributed by atoms with E-state index in [0.717, 1.165) is 25.6 Å². The highest BCUT2D eigenvalue weighted by molar-refractivity contribution is 5.78. The Balaban J connectivity index is 2.03.